The molecule has 1 N–H and O–H groups in total. The van der Waals surface area contributed by atoms with Crippen molar-refractivity contribution in [2.45, 2.75) is 24.7 Å². The average molecular weight is 256 g/mol. The lowest BCUT2D eigenvalue weighted by atomic mass is 9.67. The predicted octanol–water partition coefficient (Wildman–Crippen LogP) is 0.963. The number of rotatable bonds is 2. The molecule has 1 aromatic heterocycles. The van der Waals surface area contributed by atoms with Gasteiger partial charge in [-0.25, -0.2) is 4.98 Å². The third-order valence-corrected chi connectivity index (χ3v) is 4.01. The lowest BCUT2D eigenvalue weighted by molar-refractivity contribution is -0.120. The molecular formula is C14H16N4O. The third-order valence-electron chi connectivity index (χ3n) is 4.01. The fourth-order valence-corrected chi connectivity index (χ4v) is 2.66. The van der Waals surface area contributed by atoms with Crippen molar-refractivity contribution in [1.29, 1.82) is 5.26 Å². The van der Waals surface area contributed by atoms with Crippen molar-refractivity contribution in [2.24, 2.45) is 0 Å². The van der Waals surface area contributed by atoms with Gasteiger partial charge < -0.3 is 10.2 Å². The van der Waals surface area contributed by atoms with E-state index in [4.69, 9.17) is 0 Å². The minimum absolute atomic E-state index is 0.0251. The van der Waals surface area contributed by atoms with E-state index in [1.54, 1.807) is 0 Å². The SMILES string of the molecule is N#CC1(c2cccc(N3CCNC(=O)C3)n2)CCC1. The molecule has 2 aliphatic rings. The molecule has 1 saturated carbocycles. The van der Waals surface area contributed by atoms with Gasteiger partial charge in [-0.05, 0) is 31.4 Å². The predicted molar refractivity (Wildman–Crippen MR) is 70.6 cm³/mol. The number of nitrogens with one attached hydrogen (secondary N) is 1. The van der Waals surface area contributed by atoms with Crippen molar-refractivity contribution >= 4 is 11.7 Å². The average Bonchev–Trinajstić information content (AvgIpc) is 2.39. The van der Waals surface area contributed by atoms with Gasteiger partial charge in [-0.2, -0.15) is 5.26 Å². The van der Waals surface area contributed by atoms with Crippen LogP contribution in [0.15, 0.2) is 18.2 Å². The van der Waals surface area contributed by atoms with Crippen LogP contribution in [0.25, 0.3) is 0 Å². The Morgan fingerprint density at radius 2 is 2.26 bits per heavy atom. The van der Waals surface area contributed by atoms with Crippen LogP contribution in [-0.4, -0.2) is 30.5 Å². The Morgan fingerprint density at radius 3 is 2.89 bits per heavy atom. The van der Waals surface area contributed by atoms with Crippen LogP contribution in [0.1, 0.15) is 25.0 Å². The highest BCUT2D eigenvalue weighted by Crippen LogP contribution is 2.42. The van der Waals surface area contributed by atoms with E-state index in [2.05, 4.69) is 16.4 Å². The molecule has 98 valence electrons. The molecule has 0 unspecified atom stereocenters. The Hall–Kier alpha value is -2.09. The van der Waals surface area contributed by atoms with Crippen LogP contribution >= 0.6 is 0 Å². The van der Waals surface area contributed by atoms with Crippen LogP contribution in [0.5, 0.6) is 0 Å². The van der Waals surface area contributed by atoms with Gasteiger partial charge in [-0.3, -0.25) is 4.79 Å². The topological polar surface area (TPSA) is 69.0 Å². The number of nitriles is 1. The smallest absolute Gasteiger partial charge is 0.239 e. The van der Waals surface area contributed by atoms with Crippen molar-refractivity contribution in [1.82, 2.24) is 10.3 Å². The maximum Gasteiger partial charge on any atom is 0.239 e. The number of hydrogen-bond acceptors (Lipinski definition) is 4. The summed E-state index contributed by atoms with van der Waals surface area (Å²) in [4.78, 5) is 18.0. The highest BCUT2D eigenvalue weighted by atomic mass is 16.2. The zero-order valence-electron chi connectivity index (χ0n) is 10.7. The van der Waals surface area contributed by atoms with E-state index in [1.165, 1.54) is 0 Å². The van der Waals surface area contributed by atoms with Crippen LogP contribution in [0.2, 0.25) is 0 Å². The fraction of sp³-hybridized carbons (Fsp3) is 0.500. The van der Waals surface area contributed by atoms with Crippen LogP contribution in [0, 0.1) is 11.3 Å². The molecule has 0 aromatic carbocycles. The quantitative estimate of drug-likeness (QED) is 0.855. The van der Waals surface area contributed by atoms with Crippen molar-refractivity contribution in [2.75, 3.05) is 24.5 Å². The van der Waals surface area contributed by atoms with Crippen molar-refractivity contribution in [3.05, 3.63) is 23.9 Å². The molecule has 5 nitrogen and oxygen atoms in total. The molecule has 1 amide bonds. The molecule has 5 heteroatoms. The molecule has 1 aromatic rings. The number of hydrogen-bond donors (Lipinski definition) is 1. The molecule has 2 fully saturated rings. The van der Waals surface area contributed by atoms with Crippen molar-refractivity contribution in [3.63, 3.8) is 0 Å². The van der Waals surface area contributed by atoms with Gasteiger partial charge in [0.2, 0.25) is 5.91 Å². The van der Waals surface area contributed by atoms with Crippen molar-refractivity contribution < 1.29 is 4.79 Å². The van der Waals surface area contributed by atoms with Crippen LogP contribution in [0.4, 0.5) is 5.82 Å². The summed E-state index contributed by atoms with van der Waals surface area (Å²) in [6.07, 6.45) is 2.87. The summed E-state index contributed by atoms with van der Waals surface area (Å²) in [5, 5.41) is 12.2. The fourth-order valence-electron chi connectivity index (χ4n) is 2.66. The number of amides is 1. The van der Waals surface area contributed by atoms with E-state index in [0.717, 1.165) is 37.3 Å². The first-order valence-electron chi connectivity index (χ1n) is 6.64. The lowest BCUT2D eigenvalue weighted by Gasteiger charge is -2.35. The number of pyridine rings is 1. The summed E-state index contributed by atoms with van der Waals surface area (Å²) in [7, 11) is 0. The molecule has 0 atom stereocenters. The second-order valence-corrected chi connectivity index (χ2v) is 5.20. The summed E-state index contributed by atoms with van der Waals surface area (Å²) in [6.45, 7) is 1.76. The lowest BCUT2D eigenvalue weighted by Crippen LogP contribution is -2.48. The minimum Gasteiger partial charge on any atom is -0.353 e. The van der Waals surface area contributed by atoms with Gasteiger partial charge in [0.25, 0.3) is 0 Å². The van der Waals surface area contributed by atoms with Gasteiger partial charge in [0.05, 0.1) is 23.7 Å². The van der Waals surface area contributed by atoms with Gasteiger partial charge in [0.1, 0.15) is 5.82 Å². The van der Waals surface area contributed by atoms with Crippen LogP contribution in [0.3, 0.4) is 0 Å². The van der Waals surface area contributed by atoms with E-state index < -0.39 is 5.41 Å². The van der Waals surface area contributed by atoms with E-state index in [0.29, 0.717) is 13.1 Å². The van der Waals surface area contributed by atoms with Gasteiger partial charge in [0.15, 0.2) is 0 Å². The summed E-state index contributed by atoms with van der Waals surface area (Å²) in [5.74, 6) is 0.825. The molecule has 1 aliphatic heterocycles. The van der Waals surface area contributed by atoms with Gasteiger partial charge in [-0.1, -0.05) is 6.07 Å². The van der Waals surface area contributed by atoms with Gasteiger partial charge >= 0.3 is 0 Å². The Bertz CT molecular complexity index is 545. The largest absolute Gasteiger partial charge is 0.353 e. The van der Waals surface area contributed by atoms with E-state index in [-0.39, 0.29) is 5.91 Å². The molecule has 1 aliphatic carbocycles. The molecule has 1 saturated heterocycles. The summed E-state index contributed by atoms with van der Waals surface area (Å²) in [5.41, 5.74) is 0.457. The maximum absolute atomic E-state index is 11.4. The summed E-state index contributed by atoms with van der Waals surface area (Å²) in [6, 6.07) is 8.18. The van der Waals surface area contributed by atoms with Crippen molar-refractivity contribution in [3.8, 4) is 6.07 Å². The Balaban J connectivity index is 1.88. The standard InChI is InChI=1S/C14H16N4O/c15-10-14(5-2-6-14)11-3-1-4-12(17-11)18-8-7-16-13(19)9-18/h1,3-4H,2,5-9H2,(H,16,19). The van der Waals surface area contributed by atoms with E-state index in [9.17, 15) is 10.1 Å². The first-order valence-corrected chi connectivity index (χ1v) is 6.64. The first kappa shape index (κ1) is 12.0. The Kier molecular flexibility index (Phi) is 2.86. The zero-order valence-corrected chi connectivity index (χ0v) is 10.7. The number of piperazine rings is 1. The van der Waals surface area contributed by atoms with Gasteiger partial charge in [-0.15, -0.1) is 0 Å². The first-order chi connectivity index (χ1) is 9.23. The number of carbonyl (C=O) groups is 1. The Morgan fingerprint density at radius 1 is 1.42 bits per heavy atom. The summed E-state index contributed by atoms with van der Waals surface area (Å²) < 4.78 is 0. The molecule has 0 bridgehead atoms. The highest BCUT2D eigenvalue weighted by Gasteiger charge is 2.40. The number of carbonyl (C=O) groups excluding carboxylic acids is 1. The minimum atomic E-state index is -0.395. The van der Waals surface area contributed by atoms with E-state index >= 15 is 0 Å². The Labute approximate surface area is 112 Å². The second kappa shape index (κ2) is 4.54. The number of anilines is 1. The molecule has 19 heavy (non-hydrogen) atoms. The van der Waals surface area contributed by atoms with Crippen LogP contribution in [-0.2, 0) is 10.2 Å². The van der Waals surface area contributed by atoms with E-state index in [1.807, 2.05) is 23.1 Å². The number of aromatic nitrogens is 1. The monoisotopic (exact) mass is 256 g/mol. The maximum atomic E-state index is 11.4. The van der Waals surface area contributed by atoms with Gasteiger partial charge in [0, 0.05) is 13.1 Å². The molecular weight excluding hydrogens is 240 g/mol. The normalized spacial score (nSPS) is 21.2. The third kappa shape index (κ3) is 2.03. The highest BCUT2D eigenvalue weighted by molar-refractivity contribution is 5.82. The molecule has 3 rings (SSSR count). The molecule has 2 heterocycles. The number of nitrogens with zero attached hydrogens (tertiary/aromatic N) is 3. The van der Waals surface area contributed by atoms with Crippen LogP contribution < -0.4 is 10.2 Å². The zero-order chi connectivity index (χ0) is 13.3. The summed E-state index contributed by atoms with van der Waals surface area (Å²) >= 11 is 0. The molecule has 0 spiro atoms. The molecule has 0 radical (unpaired) electrons. The second-order valence-electron chi connectivity index (χ2n) is 5.20.